The number of imidazole rings is 1. The normalized spacial score (nSPS) is 27.1. The van der Waals surface area contributed by atoms with E-state index in [0.717, 1.165) is 6.42 Å². The molecule has 1 spiro atoms. The standard InChI is InChI=1S/C13H19N3O3/c17-12(1-4-15-5-3-14-11-15)16-6-8-19-10-13(16)2-7-18-9-13/h3,5,11H,1-2,4,6-10H2. The molecule has 0 N–H and O–H groups in total. The summed E-state index contributed by atoms with van der Waals surface area (Å²) in [5, 5.41) is 0. The van der Waals surface area contributed by atoms with Crippen LogP contribution in [-0.4, -0.2) is 58.9 Å². The van der Waals surface area contributed by atoms with Gasteiger partial charge in [-0.05, 0) is 6.42 Å². The van der Waals surface area contributed by atoms with Gasteiger partial charge >= 0.3 is 0 Å². The lowest BCUT2D eigenvalue weighted by atomic mass is 9.95. The number of morpholine rings is 1. The molecule has 6 nitrogen and oxygen atoms in total. The van der Waals surface area contributed by atoms with Crippen molar-refractivity contribution in [2.75, 3.05) is 33.0 Å². The summed E-state index contributed by atoms with van der Waals surface area (Å²) in [6, 6.07) is 0. The minimum atomic E-state index is -0.218. The van der Waals surface area contributed by atoms with Crippen molar-refractivity contribution in [3.05, 3.63) is 18.7 Å². The number of aryl methyl sites for hydroxylation is 1. The van der Waals surface area contributed by atoms with Crippen molar-refractivity contribution < 1.29 is 14.3 Å². The zero-order valence-corrected chi connectivity index (χ0v) is 11.0. The summed E-state index contributed by atoms with van der Waals surface area (Å²) in [4.78, 5) is 18.4. The van der Waals surface area contributed by atoms with Crippen molar-refractivity contribution in [2.45, 2.75) is 24.9 Å². The first-order valence-electron chi connectivity index (χ1n) is 6.72. The minimum Gasteiger partial charge on any atom is -0.379 e. The molecule has 104 valence electrons. The summed E-state index contributed by atoms with van der Waals surface area (Å²) >= 11 is 0. The van der Waals surface area contributed by atoms with Gasteiger partial charge in [0.15, 0.2) is 0 Å². The molecule has 0 bridgehead atoms. The third-order valence-corrected chi connectivity index (χ3v) is 3.93. The van der Waals surface area contributed by atoms with Gasteiger partial charge in [0.1, 0.15) is 0 Å². The number of carbonyl (C=O) groups is 1. The highest BCUT2D eigenvalue weighted by molar-refractivity contribution is 5.77. The number of nitrogens with zero attached hydrogens (tertiary/aromatic N) is 3. The maximum atomic E-state index is 12.4. The van der Waals surface area contributed by atoms with E-state index in [4.69, 9.17) is 9.47 Å². The molecule has 1 aromatic rings. The molecular formula is C13H19N3O3. The quantitative estimate of drug-likeness (QED) is 0.788. The summed E-state index contributed by atoms with van der Waals surface area (Å²) in [5.41, 5.74) is -0.218. The lowest BCUT2D eigenvalue weighted by Gasteiger charge is -2.43. The fourth-order valence-electron chi connectivity index (χ4n) is 2.82. The van der Waals surface area contributed by atoms with Crippen LogP contribution < -0.4 is 0 Å². The summed E-state index contributed by atoms with van der Waals surface area (Å²) in [6.45, 7) is 3.89. The predicted octanol–water partition coefficient (Wildman–Crippen LogP) is 0.291. The van der Waals surface area contributed by atoms with Gasteiger partial charge in [0, 0.05) is 38.5 Å². The van der Waals surface area contributed by atoms with Gasteiger partial charge in [-0.1, -0.05) is 0 Å². The van der Waals surface area contributed by atoms with Crippen LogP contribution in [0.1, 0.15) is 12.8 Å². The maximum absolute atomic E-state index is 12.4. The second kappa shape index (κ2) is 5.30. The van der Waals surface area contributed by atoms with Crippen LogP contribution in [0.5, 0.6) is 0 Å². The molecule has 1 aromatic heterocycles. The Balaban J connectivity index is 1.63. The molecule has 2 aliphatic rings. The van der Waals surface area contributed by atoms with Gasteiger partial charge in [0.25, 0.3) is 0 Å². The van der Waals surface area contributed by atoms with Gasteiger partial charge in [0.05, 0.1) is 31.7 Å². The first-order valence-corrected chi connectivity index (χ1v) is 6.72. The highest BCUT2D eigenvalue weighted by Crippen LogP contribution is 2.29. The first kappa shape index (κ1) is 12.6. The molecule has 0 aromatic carbocycles. The van der Waals surface area contributed by atoms with Crippen molar-refractivity contribution in [1.82, 2.24) is 14.5 Å². The molecule has 0 aliphatic carbocycles. The molecule has 1 unspecified atom stereocenters. The molecule has 2 fully saturated rings. The Morgan fingerprint density at radius 1 is 1.32 bits per heavy atom. The van der Waals surface area contributed by atoms with E-state index in [-0.39, 0.29) is 11.4 Å². The minimum absolute atomic E-state index is 0.183. The number of aromatic nitrogens is 2. The smallest absolute Gasteiger partial charge is 0.225 e. The van der Waals surface area contributed by atoms with E-state index in [1.165, 1.54) is 0 Å². The van der Waals surface area contributed by atoms with E-state index in [2.05, 4.69) is 4.98 Å². The molecule has 3 rings (SSSR count). The molecular weight excluding hydrogens is 246 g/mol. The summed E-state index contributed by atoms with van der Waals surface area (Å²) in [7, 11) is 0. The number of amides is 1. The average molecular weight is 265 g/mol. The third-order valence-electron chi connectivity index (χ3n) is 3.93. The van der Waals surface area contributed by atoms with Crippen molar-refractivity contribution >= 4 is 5.91 Å². The number of hydrogen-bond acceptors (Lipinski definition) is 4. The Labute approximate surface area is 112 Å². The van der Waals surface area contributed by atoms with Crippen molar-refractivity contribution in [1.29, 1.82) is 0 Å². The van der Waals surface area contributed by atoms with Gasteiger partial charge in [-0.3, -0.25) is 4.79 Å². The van der Waals surface area contributed by atoms with Crippen LogP contribution in [0.15, 0.2) is 18.7 Å². The van der Waals surface area contributed by atoms with Gasteiger partial charge < -0.3 is 18.9 Å². The number of carbonyl (C=O) groups excluding carboxylic acids is 1. The van der Waals surface area contributed by atoms with E-state index in [1.807, 2.05) is 15.7 Å². The highest BCUT2D eigenvalue weighted by atomic mass is 16.5. The highest BCUT2D eigenvalue weighted by Gasteiger charge is 2.45. The second-order valence-corrected chi connectivity index (χ2v) is 5.18. The monoisotopic (exact) mass is 265 g/mol. The lowest BCUT2D eigenvalue weighted by molar-refractivity contribution is -0.149. The number of ether oxygens (including phenoxy) is 2. The molecule has 1 atom stereocenters. The summed E-state index contributed by atoms with van der Waals surface area (Å²) in [6.07, 6.45) is 6.72. The Kier molecular flexibility index (Phi) is 3.52. The van der Waals surface area contributed by atoms with Crippen LogP contribution in [0.2, 0.25) is 0 Å². The summed E-state index contributed by atoms with van der Waals surface area (Å²) in [5.74, 6) is 0.183. The van der Waals surface area contributed by atoms with Crippen LogP contribution in [0.25, 0.3) is 0 Å². The Bertz CT molecular complexity index is 426. The van der Waals surface area contributed by atoms with Crippen LogP contribution in [0.4, 0.5) is 0 Å². The fraction of sp³-hybridized carbons (Fsp3) is 0.692. The second-order valence-electron chi connectivity index (χ2n) is 5.18. The largest absolute Gasteiger partial charge is 0.379 e. The SMILES string of the molecule is O=C(CCn1ccnc1)N1CCOCC12CCOC2. The average Bonchev–Trinajstić information content (AvgIpc) is 3.09. The number of hydrogen-bond donors (Lipinski definition) is 0. The first-order chi connectivity index (χ1) is 9.30. The molecule has 6 heteroatoms. The molecule has 3 heterocycles. The lowest BCUT2D eigenvalue weighted by Crippen LogP contribution is -2.59. The van der Waals surface area contributed by atoms with Gasteiger partial charge in [-0.15, -0.1) is 0 Å². The molecule has 2 aliphatic heterocycles. The zero-order valence-electron chi connectivity index (χ0n) is 11.0. The Hall–Kier alpha value is -1.40. The number of rotatable bonds is 3. The van der Waals surface area contributed by atoms with Crippen molar-refractivity contribution in [3.8, 4) is 0 Å². The maximum Gasteiger partial charge on any atom is 0.225 e. The fourth-order valence-corrected chi connectivity index (χ4v) is 2.82. The molecule has 2 saturated heterocycles. The topological polar surface area (TPSA) is 56.6 Å². The van der Waals surface area contributed by atoms with Crippen LogP contribution >= 0.6 is 0 Å². The molecule has 0 saturated carbocycles. The van der Waals surface area contributed by atoms with Crippen LogP contribution in [0.3, 0.4) is 0 Å². The summed E-state index contributed by atoms with van der Waals surface area (Å²) < 4.78 is 13.0. The van der Waals surface area contributed by atoms with E-state index in [0.29, 0.717) is 45.9 Å². The molecule has 0 radical (unpaired) electrons. The van der Waals surface area contributed by atoms with Gasteiger partial charge in [0.2, 0.25) is 5.91 Å². The van der Waals surface area contributed by atoms with Crippen LogP contribution in [0, 0.1) is 0 Å². The van der Waals surface area contributed by atoms with Gasteiger partial charge in [-0.25, -0.2) is 4.98 Å². The van der Waals surface area contributed by atoms with Crippen molar-refractivity contribution in [2.24, 2.45) is 0 Å². The predicted molar refractivity (Wildman–Crippen MR) is 67.5 cm³/mol. The Morgan fingerprint density at radius 3 is 2.89 bits per heavy atom. The zero-order chi connectivity index (χ0) is 13.1. The van der Waals surface area contributed by atoms with E-state index >= 15 is 0 Å². The van der Waals surface area contributed by atoms with E-state index in [9.17, 15) is 4.79 Å². The van der Waals surface area contributed by atoms with E-state index < -0.39 is 0 Å². The van der Waals surface area contributed by atoms with E-state index in [1.54, 1.807) is 12.5 Å². The van der Waals surface area contributed by atoms with Crippen LogP contribution in [-0.2, 0) is 20.8 Å². The van der Waals surface area contributed by atoms with Crippen molar-refractivity contribution in [3.63, 3.8) is 0 Å². The van der Waals surface area contributed by atoms with Gasteiger partial charge in [-0.2, -0.15) is 0 Å². The Morgan fingerprint density at radius 2 is 2.16 bits per heavy atom. The third kappa shape index (κ3) is 2.50. The molecule has 19 heavy (non-hydrogen) atoms. The molecule has 1 amide bonds.